The Labute approximate surface area is 94.5 Å². The van der Waals surface area contributed by atoms with Gasteiger partial charge in [0.25, 0.3) is 0 Å². The predicted molar refractivity (Wildman–Crippen MR) is 60.1 cm³/mol. The molecular weight excluding hydrogens is 260 g/mol. The Morgan fingerprint density at radius 1 is 1.47 bits per heavy atom. The van der Waals surface area contributed by atoms with Crippen LogP contribution in [0.4, 0.5) is 11.8 Å². The molecule has 4 N–H and O–H groups in total. The Hall–Kier alpha value is -1.63. The SMILES string of the molecule is Nc1cc(Br)nc(NCc2cnc[nH]2)n1. The number of imidazole rings is 1. The van der Waals surface area contributed by atoms with Crippen LogP contribution in [-0.2, 0) is 6.54 Å². The minimum atomic E-state index is 0.420. The molecule has 0 saturated carbocycles. The molecule has 0 fully saturated rings. The number of H-pyrrole nitrogens is 1. The largest absolute Gasteiger partial charge is 0.383 e. The third kappa shape index (κ3) is 2.66. The number of hydrogen-bond acceptors (Lipinski definition) is 5. The summed E-state index contributed by atoms with van der Waals surface area (Å²) in [6.07, 6.45) is 3.35. The van der Waals surface area contributed by atoms with E-state index in [-0.39, 0.29) is 0 Å². The lowest BCUT2D eigenvalue weighted by Gasteiger charge is -2.03. The molecule has 2 aromatic heterocycles. The van der Waals surface area contributed by atoms with E-state index in [0.717, 1.165) is 5.69 Å². The molecule has 7 heteroatoms. The number of nitrogens with zero attached hydrogens (tertiary/aromatic N) is 3. The predicted octanol–water partition coefficient (Wildman–Crippen LogP) is 1.16. The second-order valence-electron chi connectivity index (χ2n) is 2.87. The van der Waals surface area contributed by atoms with Crippen molar-refractivity contribution in [2.75, 3.05) is 11.1 Å². The van der Waals surface area contributed by atoms with Gasteiger partial charge in [-0.05, 0) is 15.9 Å². The number of halogens is 1. The zero-order valence-electron chi connectivity index (χ0n) is 7.74. The highest BCUT2D eigenvalue weighted by Gasteiger charge is 2.00. The van der Waals surface area contributed by atoms with Crippen molar-refractivity contribution in [3.63, 3.8) is 0 Å². The van der Waals surface area contributed by atoms with E-state index in [2.05, 4.69) is 41.2 Å². The van der Waals surface area contributed by atoms with E-state index in [1.54, 1.807) is 18.6 Å². The number of aromatic nitrogens is 4. The molecule has 0 saturated heterocycles. The highest BCUT2D eigenvalue weighted by molar-refractivity contribution is 9.10. The van der Waals surface area contributed by atoms with E-state index >= 15 is 0 Å². The molecule has 0 aliphatic rings. The van der Waals surface area contributed by atoms with E-state index in [1.807, 2.05) is 0 Å². The molecule has 0 aliphatic carbocycles. The van der Waals surface area contributed by atoms with Crippen molar-refractivity contribution in [2.45, 2.75) is 6.54 Å². The minimum Gasteiger partial charge on any atom is -0.383 e. The zero-order valence-corrected chi connectivity index (χ0v) is 9.32. The van der Waals surface area contributed by atoms with Gasteiger partial charge >= 0.3 is 0 Å². The molecular formula is C8H9BrN6. The van der Waals surface area contributed by atoms with Crippen molar-refractivity contribution in [1.29, 1.82) is 0 Å². The molecule has 0 spiro atoms. The van der Waals surface area contributed by atoms with Crippen LogP contribution in [0.15, 0.2) is 23.2 Å². The Morgan fingerprint density at radius 3 is 3.00 bits per heavy atom. The molecule has 0 radical (unpaired) electrons. The van der Waals surface area contributed by atoms with Crippen LogP contribution in [0.1, 0.15) is 5.69 Å². The van der Waals surface area contributed by atoms with Crippen molar-refractivity contribution in [1.82, 2.24) is 19.9 Å². The third-order valence-electron chi connectivity index (χ3n) is 1.71. The van der Waals surface area contributed by atoms with Crippen molar-refractivity contribution in [3.05, 3.63) is 28.9 Å². The molecule has 0 atom stereocenters. The molecule has 15 heavy (non-hydrogen) atoms. The Morgan fingerprint density at radius 2 is 2.33 bits per heavy atom. The second-order valence-corrected chi connectivity index (χ2v) is 3.68. The van der Waals surface area contributed by atoms with Crippen LogP contribution in [0.5, 0.6) is 0 Å². The van der Waals surface area contributed by atoms with Crippen molar-refractivity contribution < 1.29 is 0 Å². The smallest absolute Gasteiger partial charge is 0.226 e. The Kier molecular flexibility index (Phi) is 2.82. The van der Waals surface area contributed by atoms with Crippen LogP contribution >= 0.6 is 15.9 Å². The van der Waals surface area contributed by atoms with E-state index in [1.165, 1.54) is 0 Å². The van der Waals surface area contributed by atoms with Gasteiger partial charge in [-0.1, -0.05) is 0 Å². The average molecular weight is 269 g/mol. The molecule has 0 amide bonds. The first-order valence-electron chi connectivity index (χ1n) is 4.25. The molecule has 78 valence electrons. The van der Waals surface area contributed by atoms with Gasteiger partial charge < -0.3 is 16.0 Å². The highest BCUT2D eigenvalue weighted by atomic mass is 79.9. The quantitative estimate of drug-likeness (QED) is 0.727. The highest BCUT2D eigenvalue weighted by Crippen LogP contribution is 2.12. The summed E-state index contributed by atoms with van der Waals surface area (Å²) in [6.45, 7) is 0.579. The molecule has 0 bridgehead atoms. The molecule has 0 unspecified atom stereocenters. The molecule has 0 aliphatic heterocycles. The van der Waals surface area contributed by atoms with Crippen molar-refractivity contribution in [3.8, 4) is 0 Å². The summed E-state index contributed by atoms with van der Waals surface area (Å²) in [5.41, 5.74) is 6.52. The minimum absolute atomic E-state index is 0.420. The van der Waals surface area contributed by atoms with E-state index < -0.39 is 0 Å². The summed E-state index contributed by atoms with van der Waals surface area (Å²) in [5.74, 6) is 0.903. The summed E-state index contributed by atoms with van der Waals surface area (Å²) in [7, 11) is 0. The standard InChI is InChI=1S/C8H9BrN6/c9-6-1-7(10)15-8(14-6)12-3-5-2-11-4-13-5/h1-2,4H,3H2,(H,11,13)(H3,10,12,14,15). The van der Waals surface area contributed by atoms with Crippen LogP contribution in [0.3, 0.4) is 0 Å². The number of aromatic amines is 1. The lowest BCUT2D eigenvalue weighted by Crippen LogP contribution is -2.05. The van der Waals surface area contributed by atoms with Crippen LogP contribution in [0, 0.1) is 0 Å². The summed E-state index contributed by atoms with van der Waals surface area (Å²) >= 11 is 3.24. The van der Waals surface area contributed by atoms with Gasteiger partial charge in [-0.2, -0.15) is 4.98 Å². The molecule has 2 rings (SSSR count). The third-order valence-corrected chi connectivity index (χ3v) is 2.11. The maximum atomic E-state index is 5.57. The van der Waals surface area contributed by atoms with Gasteiger partial charge in [-0.25, -0.2) is 9.97 Å². The number of anilines is 2. The van der Waals surface area contributed by atoms with Crippen LogP contribution in [-0.4, -0.2) is 19.9 Å². The molecule has 2 heterocycles. The summed E-state index contributed by atoms with van der Waals surface area (Å²) in [4.78, 5) is 15.0. The lowest BCUT2D eigenvalue weighted by molar-refractivity contribution is 1.01. The normalized spacial score (nSPS) is 10.2. The molecule has 2 aromatic rings. The monoisotopic (exact) mass is 268 g/mol. The van der Waals surface area contributed by atoms with Crippen molar-refractivity contribution in [2.24, 2.45) is 0 Å². The summed E-state index contributed by atoms with van der Waals surface area (Å²) < 4.78 is 0.655. The number of rotatable bonds is 3. The Bertz CT molecular complexity index is 420. The summed E-state index contributed by atoms with van der Waals surface area (Å²) in [5, 5.41) is 3.03. The van der Waals surface area contributed by atoms with E-state index in [9.17, 15) is 0 Å². The van der Waals surface area contributed by atoms with Gasteiger partial charge in [0.05, 0.1) is 18.6 Å². The van der Waals surface area contributed by atoms with Gasteiger partial charge in [-0.15, -0.1) is 0 Å². The van der Waals surface area contributed by atoms with Crippen LogP contribution < -0.4 is 11.1 Å². The van der Waals surface area contributed by atoms with Gasteiger partial charge in [0.1, 0.15) is 10.4 Å². The molecule has 6 nitrogen and oxygen atoms in total. The topological polar surface area (TPSA) is 92.5 Å². The van der Waals surface area contributed by atoms with Crippen LogP contribution in [0.25, 0.3) is 0 Å². The van der Waals surface area contributed by atoms with E-state index in [0.29, 0.717) is 22.9 Å². The van der Waals surface area contributed by atoms with Crippen molar-refractivity contribution >= 4 is 27.7 Å². The van der Waals surface area contributed by atoms with Gasteiger partial charge in [0.15, 0.2) is 0 Å². The van der Waals surface area contributed by atoms with Crippen LogP contribution in [0.2, 0.25) is 0 Å². The number of nitrogens with two attached hydrogens (primary N) is 1. The maximum absolute atomic E-state index is 5.57. The first-order valence-corrected chi connectivity index (χ1v) is 5.04. The second kappa shape index (κ2) is 4.26. The average Bonchev–Trinajstić information content (AvgIpc) is 2.65. The maximum Gasteiger partial charge on any atom is 0.226 e. The number of hydrogen-bond donors (Lipinski definition) is 3. The fourth-order valence-electron chi connectivity index (χ4n) is 1.07. The van der Waals surface area contributed by atoms with E-state index in [4.69, 9.17) is 5.73 Å². The number of nitrogen functional groups attached to an aromatic ring is 1. The fraction of sp³-hybridized carbons (Fsp3) is 0.125. The molecule has 0 aromatic carbocycles. The number of nitrogens with one attached hydrogen (secondary N) is 2. The zero-order chi connectivity index (χ0) is 10.7. The lowest BCUT2D eigenvalue weighted by atomic mass is 10.5. The van der Waals surface area contributed by atoms with Gasteiger partial charge in [0.2, 0.25) is 5.95 Å². The van der Waals surface area contributed by atoms with Gasteiger partial charge in [0, 0.05) is 12.3 Å². The fourth-order valence-corrected chi connectivity index (χ4v) is 1.47. The summed E-state index contributed by atoms with van der Waals surface area (Å²) in [6, 6.07) is 1.64. The first kappa shape index (κ1) is 9.91. The Balaban J connectivity index is 2.05. The first-order chi connectivity index (χ1) is 7.24. The van der Waals surface area contributed by atoms with Gasteiger partial charge in [-0.3, -0.25) is 0 Å².